The van der Waals surface area contributed by atoms with Gasteiger partial charge in [-0.3, -0.25) is 9.59 Å². The van der Waals surface area contributed by atoms with Crippen LogP contribution in [0.1, 0.15) is 40.5 Å². The van der Waals surface area contributed by atoms with Crippen LogP contribution in [-0.2, 0) is 19.1 Å². The number of benzene rings is 2. The number of fused-ring (bicyclic) bond motifs is 1. The van der Waals surface area contributed by atoms with E-state index in [0.29, 0.717) is 31.6 Å². The highest BCUT2D eigenvalue weighted by Crippen LogP contribution is 2.22. The van der Waals surface area contributed by atoms with Crippen molar-refractivity contribution in [3.05, 3.63) is 42.5 Å². The molecular formula is C24H30N2O5. The fourth-order valence-corrected chi connectivity index (χ4v) is 3.46. The van der Waals surface area contributed by atoms with Crippen LogP contribution in [0.15, 0.2) is 42.5 Å². The fourth-order valence-electron chi connectivity index (χ4n) is 3.46. The Morgan fingerprint density at radius 3 is 2.32 bits per heavy atom. The van der Waals surface area contributed by atoms with Crippen LogP contribution in [0.25, 0.3) is 10.8 Å². The Bertz CT molecular complexity index is 958. The maximum atomic E-state index is 12.5. The fraction of sp³-hybridized carbons (Fsp3) is 0.458. The molecule has 0 bridgehead atoms. The van der Waals surface area contributed by atoms with Gasteiger partial charge in [-0.1, -0.05) is 30.3 Å². The number of amides is 2. The van der Waals surface area contributed by atoms with Crippen molar-refractivity contribution in [3.8, 4) is 0 Å². The number of piperidine rings is 1. The molecule has 166 valence electrons. The summed E-state index contributed by atoms with van der Waals surface area (Å²) in [6.45, 7) is 7.86. The maximum absolute atomic E-state index is 12.5. The second kappa shape index (κ2) is 9.37. The van der Waals surface area contributed by atoms with E-state index < -0.39 is 17.7 Å². The van der Waals surface area contributed by atoms with Gasteiger partial charge in [0.2, 0.25) is 0 Å². The minimum absolute atomic E-state index is 0.338. The van der Waals surface area contributed by atoms with Crippen LogP contribution >= 0.6 is 0 Å². The molecule has 2 aromatic carbocycles. The molecule has 31 heavy (non-hydrogen) atoms. The number of carbonyl (C=O) groups is 3. The monoisotopic (exact) mass is 426 g/mol. The second-order valence-electron chi connectivity index (χ2n) is 8.87. The van der Waals surface area contributed by atoms with E-state index in [4.69, 9.17) is 9.47 Å². The Morgan fingerprint density at radius 2 is 1.68 bits per heavy atom. The number of nitrogens with one attached hydrogen (secondary N) is 1. The molecule has 7 heteroatoms. The van der Waals surface area contributed by atoms with Gasteiger partial charge >= 0.3 is 12.1 Å². The number of esters is 1. The summed E-state index contributed by atoms with van der Waals surface area (Å²) in [5, 5.41) is 4.90. The Kier molecular flexibility index (Phi) is 6.83. The summed E-state index contributed by atoms with van der Waals surface area (Å²) >= 11 is 0. The highest BCUT2D eigenvalue weighted by atomic mass is 16.6. The molecule has 1 heterocycles. The van der Waals surface area contributed by atoms with E-state index in [1.165, 1.54) is 0 Å². The third-order valence-corrected chi connectivity index (χ3v) is 5.16. The van der Waals surface area contributed by atoms with Gasteiger partial charge in [0.1, 0.15) is 5.60 Å². The Morgan fingerprint density at radius 1 is 1.03 bits per heavy atom. The van der Waals surface area contributed by atoms with Crippen LogP contribution in [0, 0.1) is 5.92 Å². The van der Waals surface area contributed by atoms with Crippen LogP contribution < -0.4 is 5.32 Å². The van der Waals surface area contributed by atoms with Crippen molar-refractivity contribution < 1.29 is 23.9 Å². The average molecular weight is 427 g/mol. The number of hydrogen-bond acceptors (Lipinski definition) is 5. The van der Waals surface area contributed by atoms with Crippen molar-refractivity contribution >= 4 is 34.4 Å². The molecule has 0 spiro atoms. The Hall–Kier alpha value is -3.09. The summed E-state index contributed by atoms with van der Waals surface area (Å²) in [5.41, 5.74) is 0.0954. The van der Waals surface area contributed by atoms with Gasteiger partial charge < -0.3 is 19.7 Å². The van der Waals surface area contributed by atoms with Crippen molar-refractivity contribution in [1.29, 1.82) is 0 Å². The molecule has 1 aliphatic heterocycles. The van der Waals surface area contributed by atoms with Crippen molar-refractivity contribution in [2.45, 2.75) is 52.2 Å². The second-order valence-corrected chi connectivity index (χ2v) is 8.87. The first kappa shape index (κ1) is 22.6. The van der Waals surface area contributed by atoms with Gasteiger partial charge in [0.05, 0.1) is 5.92 Å². The lowest BCUT2D eigenvalue weighted by atomic mass is 9.97. The molecule has 1 aliphatic rings. The number of ether oxygens (including phenoxy) is 2. The number of hydrogen-bond donors (Lipinski definition) is 1. The van der Waals surface area contributed by atoms with Gasteiger partial charge in [0.25, 0.3) is 5.91 Å². The first-order valence-corrected chi connectivity index (χ1v) is 10.6. The predicted octanol–water partition coefficient (Wildman–Crippen LogP) is 4.36. The molecule has 3 rings (SSSR count). The zero-order valence-corrected chi connectivity index (χ0v) is 18.5. The lowest BCUT2D eigenvalue weighted by Gasteiger charge is -2.32. The van der Waals surface area contributed by atoms with Crippen molar-refractivity contribution in [1.82, 2.24) is 4.90 Å². The van der Waals surface area contributed by atoms with E-state index in [0.717, 1.165) is 10.8 Å². The van der Waals surface area contributed by atoms with Crippen LogP contribution in [0.5, 0.6) is 0 Å². The summed E-state index contributed by atoms with van der Waals surface area (Å²) < 4.78 is 10.8. The number of nitrogens with zero attached hydrogens (tertiary/aromatic N) is 1. The van der Waals surface area contributed by atoms with Gasteiger partial charge in [-0.15, -0.1) is 0 Å². The molecule has 1 atom stereocenters. The summed E-state index contributed by atoms with van der Waals surface area (Å²) in [6.07, 6.45) is -0.320. The minimum atomic E-state index is -0.914. The Labute approximate surface area is 182 Å². The van der Waals surface area contributed by atoms with E-state index in [-0.39, 0.29) is 17.9 Å². The molecular weight excluding hydrogens is 396 g/mol. The van der Waals surface area contributed by atoms with Crippen LogP contribution in [0.3, 0.4) is 0 Å². The first-order chi connectivity index (χ1) is 14.6. The van der Waals surface area contributed by atoms with E-state index in [1.807, 2.05) is 63.2 Å². The minimum Gasteiger partial charge on any atom is -0.452 e. The van der Waals surface area contributed by atoms with Crippen molar-refractivity contribution in [2.75, 3.05) is 18.4 Å². The van der Waals surface area contributed by atoms with Crippen molar-refractivity contribution in [3.63, 3.8) is 0 Å². The van der Waals surface area contributed by atoms with E-state index >= 15 is 0 Å². The van der Waals surface area contributed by atoms with Gasteiger partial charge in [-0.2, -0.15) is 0 Å². The number of rotatable bonds is 4. The van der Waals surface area contributed by atoms with Gasteiger partial charge in [-0.05, 0) is 63.4 Å². The quantitative estimate of drug-likeness (QED) is 0.735. The average Bonchev–Trinajstić information content (AvgIpc) is 2.72. The molecule has 1 unspecified atom stereocenters. The van der Waals surface area contributed by atoms with Gasteiger partial charge in [0, 0.05) is 18.8 Å². The summed E-state index contributed by atoms with van der Waals surface area (Å²) in [7, 11) is 0. The smallest absolute Gasteiger partial charge is 0.410 e. The zero-order valence-electron chi connectivity index (χ0n) is 18.5. The lowest BCUT2D eigenvalue weighted by Crippen LogP contribution is -2.43. The zero-order chi connectivity index (χ0) is 22.6. The largest absolute Gasteiger partial charge is 0.452 e. The van der Waals surface area contributed by atoms with Crippen LogP contribution in [-0.4, -0.2) is 47.7 Å². The number of anilines is 1. The summed E-state index contributed by atoms with van der Waals surface area (Å²) in [5.74, 6) is -1.13. The molecule has 0 radical (unpaired) electrons. The molecule has 0 saturated carbocycles. The maximum Gasteiger partial charge on any atom is 0.410 e. The van der Waals surface area contributed by atoms with Crippen LogP contribution in [0.2, 0.25) is 0 Å². The SMILES string of the molecule is CC(OC(=O)C1CCN(C(=O)OC(C)(C)C)CC1)C(=O)Nc1ccc2ccccc2c1. The molecule has 0 aromatic heterocycles. The normalized spacial score (nSPS) is 15.9. The molecule has 7 nitrogen and oxygen atoms in total. The third kappa shape index (κ3) is 6.20. The van der Waals surface area contributed by atoms with Crippen LogP contribution in [0.4, 0.5) is 10.5 Å². The van der Waals surface area contributed by atoms with Gasteiger partial charge in [-0.25, -0.2) is 4.79 Å². The van der Waals surface area contributed by atoms with Crippen molar-refractivity contribution in [2.24, 2.45) is 5.92 Å². The highest BCUT2D eigenvalue weighted by molar-refractivity contribution is 5.97. The molecule has 0 aliphatic carbocycles. The molecule has 1 saturated heterocycles. The first-order valence-electron chi connectivity index (χ1n) is 10.6. The van der Waals surface area contributed by atoms with E-state index in [9.17, 15) is 14.4 Å². The van der Waals surface area contributed by atoms with E-state index in [1.54, 1.807) is 11.8 Å². The summed E-state index contributed by atoms with van der Waals surface area (Å²) in [4.78, 5) is 38.7. The lowest BCUT2D eigenvalue weighted by molar-refractivity contribution is -0.158. The van der Waals surface area contributed by atoms with Gasteiger partial charge in [0.15, 0.2) is 6.10 Å². The molecule has 1 N–H and O–H groups in total. The summed E-state index contributed by atoms with van der Waals surface area (Å²) in [6, 6.07) is 13.5. The third-order valence-electron chi connectivity index (χ3n) is 5.16. The van der Waals surface area contributed by atoms with E-state index in [2.05, 4.69) is 5.32 Å². The number of carbonyl (C=O) groups excluding carboxylic acids is 3. The number of likely N-dealkylation sites (tertiary alicyclic amines) is 1. The molecule has 2 aromatic rings. The molecule has 1 fully saturated rings. The highest BCUT2D eigenvalue weighted by Gasteiger charge is 2.32. The Balaban J connectivity index is 1.48. The topological polar surface area (TPSA) is 84.9 Å². The molecule has 2 amide bonds. The predicted molar refractivity (Wildman–Crippen MR) is 119 cm³/mol. The standard InChI is InChI=1S/C24H30N2O5/c1-16(21(27)25-20-10-9-17-7-5-6-8-19(17)15-20)30-22(28)18-11-13-26(14-12-18)23(29)31-24(2,3)4/h5-10,15-16,18H,11-14H2,1-4H3,(H,25,27).